The summed E-state index contributed by atoms with van der Waals surface area (Å²) in [5.74, 6) is -1.36. The average Bonchev–Trinajstić information content (AvgIpc) is 2.67. The zero-order chi connectivity index (χ0) is 20.5. The Hall–Kier alpha value is -2.16. The lowest BCUT2D eigenvalue weighted by atomic mass is 9.90. The number of hydrogen-bond acceptors (Lipinski definition) is 4. The van der Waals surface area contributed by atoms with Crippen LogP contribution in [0.5, 0.6) is 0 Å². The summed E-state index contributed by atoms with van der Waals surface area (Å²) in [5, 5.41) is 21.0. The summed E-state index contributed by atoms with van der Waals surface area (Å²) in [6.07, 6.45) is 5.92. The van der Waals surface area contributed by atoms with Crippen LogP contribution in [0.1, 0.15) is 55.3 Å². The number of rotatable bonds is 5. The first-order valence-corrected chi connectivity index (χ1v) is 10.4. The van der Waals surface area contributed by atoms with Gasteiger partial charge in [0.25, 0.3) is 5.91 Å². The molecule has 9 heteroatoms. The van der Waals surface area contributed by atoms with Gasteiger partial charge in [0.05, 0.1) is 29.1 Å². The summed E-state index contributed by atoms with van der Waals surface area (Å²) in [6.45, 7) is 0.150. The van der Waals surface area contributed by atoms with Gasteiger partial charge in [-0.2, -0.15) is 0 Å². The van der Waals surface area contributed by atoms with Crippen molar-refractivity contribution < 1.29 is 42.3 Å². The quantitative estimate of drug-likeness (QED) is 0.470. The standard InChI is InChI=1S/C21H27N3O5.ClH/c25-16-7-5-14(6-8-16)22-11-19(26)23-12-20(27)24(15-2-1-3-15)17-9-4-13(21(28)29)10-18(17)23;/h4,9-10,14-16,22,25H,1-3,5-8,11-12H2,(H,28,29);1H. The number of carboxylic acids is 1. The van der Waals surface area contributed by atoms with Crippen LogP contribution >= 0.6 is 0 Å². The van der Waals surface area contributed by atoms with Gasteiger partial charge in [-0.05, 0) is 50.3 Å². The average molecular weight is 438 g/mol. The monoisotopic (exact) mass is 437 g/mol. The summed E-state index contributed by atoms with van der Waals surface area (Å²) < 4.78 is 0. The number of fused-ring (bicyclic) bond motifs is 1. The Bertz CT molecular complexity index is 821. The maximum absolute atomic E-state index is 13.0. The van der Waals surface area contributed by atoms with Gasteiger partial charge in [0.15, 0.2) is 6.54 Å². The van der Waals surface area contributed by atoms with Crippen molar-refractivity contribution in [1.82, 2.24) is 0 Å². The van der Waals surface area contributed by atoms with Crippen LogP contribution in [0.15, 0.2) is 18.2 Å². The van der Waals surface area contributed by atoms with Crippen molar-refractivity contribution in [1.29, 1.82) is 0 Å². The van der Waals surface area contributed by atoms with Gasteiger partial charge >= 0.3 is 5.97 Å². The topological polar surface area (TPSA) is 115 Å². The molecule has 164 valence electrons. The molecule has 0 spiro atoms. The highest BCUT2D eigenvalue weighted by molar-refractivity contribution is 6.12. The highest BCUT2D eigenvalue weighted by Crippen LogP contribution is 2.39. The van der Waals surface area contributed by atoms with E-state index in [0.717, 1.165) is 44.9 Å². The summed E-state index contributed by atoms with van der Waals surface area (Å²) in [7, 11) is 0. The van der Waals surface area contributed by atoms with Crippen molar-refractivity contribution >= 4 is 29.2 Å². The summed E-state index contributed by atoms with van der Waals surface area (Å²) in [5.41, 5.74) is 1.24. The molecule has 2 aliphatic carbocycles. The van der Waals surface area contributed by atoms with Gasteiger partial charge in [0, 0.05) is 18.9 Å². The van der Waals surface area contributed by atoms with E-state index >= 15 is 0 Å². The van der Waals surface area contributed by atoms with Crippen LogP contribution in [0, 0.1) is 0 Å². The first kappa shape index (κ1) is 22.5. The number of aliphatic hydroxyl groups is 1. The van der Waals surface area contributed by atoms with E-state index in [1.54, 1.807) is 11.0 Å². The van der Waals surface area contributed by atoms with Crippen LogP contribution in [0.3, 0.4) is 0 Å². The molecular weight excluding hydrogens is 410 g/mol. The molecule has 2 saturated carbocycles. The van der Waals surface area contributed by atoms with Gasteiger partial charge in [0.2, 0.25) is 5.91 Å². The van der Waals surface area contributed by atoms with Gasteiger partial charge < -0.3 is 32.8 Å². The second kappa shape index (κ2) is 9.32. The molecule has 0 bridgehead atoms. The molecule has 2 fully saturated rings. The Morgan fingerprint density at radius 1 is 1.07 bits per heavy atom. The third kappa shape index (κ3) is 4.45. The summed E-state index contributed by atoms with van der Waals surface area (Å²) in [6, 6.07) is 5.08. The molecule has 4 rings (SSSR count). The molecule has 2 amide bonds. The number of amides is 2. The maximum atomic E-state index is 13.0. The van der Waals surface area contributed by atoms with Gasteiger partial charge in [-0.25, -0.2) is 4.79 Å². The first-order chi connectivity index (χ1) is 13.9. The largest absolute Gasteiger partial charge is 1.00 e. The van der Waals surface area contributed by atoms with Crippen LogP contribution in [0.2, 0.25) is 0 Å². The Kier molecular flexibility index (Phi) is 7.00. The Labute approximate surface area is 181 Å². The summed E-state index contributed by atoms with van der Waals surface area (Å²) >= 11 is 0. The normalized spacial score (nSPS) is 24.0. The fourth-order valence-corrected chi connectivity index (χ4v) is 4.49. The van der Waals surface area contributed by atoms with E-state index in [4.69, 9.17) is 0 Å². The smallest absolute Gasteiger partial charge is 0.335 e. The van der Waals surface area contributed by atoms with E-state index < -0.39 is 5.97 Å². The molecule has 3 aliphatic rings. The molecule has 0 unspecified atom stereocenters. The molecule has 4 N–H and O–H groups in total. The van der Waals surface area contributed by atoms with Crippen molar-refractivity contribution in [3.05, 3.63) is 23.8 Å². The number of aromatic carboxylic acids is 1. The third-order valence-corrected chi connectivity index (χ3v) is 6.44. The molecule has 1 aliphatic heterocycles. The molecule has 1 aromatic rings. The third-order valence-electron chi connectivity index (χ3n) is 6.44. The van der Waals surface area contributed by atoms with E-state index in [1.807, 2.05) is 5.32 Å². The fraction of sp³-hybridized carbons (Fsp3) is 0.571. The lowest BCUT2D eigenvalue weighted by molar-refractivity contribution is -0.682. The van der Waals surface area contributed by atoms with Crippen molar-refractivity contribution in [2.24, 2.45) is 0 Å². The van der Waals surface area contributed by atoms with Gasteiger partial charge in [-0.1, -0.05) is 0 Å². The second-order valence-electron chi connectivity index (χ2n) is 8.35. The molecule has 8 nitrogen and oxygen atoms in total. The lowest BCUT2D eigenvalue weighted by Gasteiger charge is -2.43. The van der Waals surface area contributed by atoms with Gasteiger partial charge in [-0.15, -0.1) is 0 Å². The number of halogens is 1. The number of carboxylic acid groups (broad SMARTS) is 1. The number of nitrogens with two attached hydrogens (primary N) is 1. The van der Waals surface area contributed by atoms with E-state index in [9.17, 15) is 24.6 Å². The van der Waals surface area contributed by atoms with E-state index in [0.29, 0.717) is 17.4 Å². The van der Waals surface area contributed by atoms with E-state index in [1.165, 1.54) is 17.0 Å². The molecule has 0 radical (unpaired) electrons. The van der Waals surface area contributed by atoms with Crippen LogP contribution in [0.4, 0.5) is 11.4 Å². The lowest BCUT2D eigenvalue weighted by Crippen LogP contribution is -3.00. The molecule has 0 saturated heterocycles. The highest BCUT2D eigenvalue weighted by atomic mass is 35.5. The number of aliphatic hydroxyl groups excluding tert-OH is 1. The number of anilines is 2. The minimum atomic E-state index is -1.06. The molecule has 30 heavy (non-hydrogen) atoms. The highest BCUT2D eigenvalue weighted by Gasteiger charge is 2.39. The van der Waals surface area contributed by atoms with Crippen LogP contribution in [-0.4, -0.2) is 59.3 Å². The second-order valence-corrected chi connectivity index (χ2v) is 8.35. The molecule has 0 aromatic heterocycles. The number of benzene rings is 1. The molecular formula is C21H28ClN3O5. The number of hydrogen-bond donors (Lipinski definition) is 3. The Morgan fingerprint density at radius 3 is 2.37 bits per heavy atom. The van der Waals surface area contributed by atoms with Crippen LogP contribution < -0.4 is 27.5 Å². The summed E-state index contributed by atoms with van der Waals surface area (Å²) in [4.78, 5) is 40.5. The minimum absolute atomic E-state index is 0. The van der Waals surface area contributed by atoms with Crippen molar-refractivity contribution in [2.75, 3.05) is 22.9 Å². The zero-order valence-corrected chi connectivity index (χ0v) is 17.6. The predicted octanol–water partition coefficient (Wildman–Crippen LogP) is -2.51. The maximum Gasteiger partial charge on any atom is 0.335 e. The number of quaternary nitrogens is 1. The number of nitrogens with zero attached hydrogens (tertiary/aromatic N) is 2. The van der Waals surface area contributed by atoms with Crippen molar-refractivity contribution in [3.63, 3.8) is 0 Å². The predicted molar refractivity (Wildman–Crippen MR) is 106 cm³/mol. The molecule has 1 heterocycles. The number of carbonyl (C=O) groups excluding carboxylic acids is 2. The Balaban J connectivity index is 0.00000256. The zero-order valence-electron chi connectivity index (χ0n) is 16.8. The molecule has 1 aromatic carbocycles. The van der Waals surface area contributed by atoms with Gasteiger partial charge in [-0.3, -0.25) is 14.5 Å². The van der Waals surface area contributed by atoms with E-state index in [2.05, 4.69) is 0 Å². The number of carbonyl (C=O) groups is 3. The minimum Gasteiger partial charge on any atom is -1.00 e. The van der Waals surface area contributed by atoms with Crippen molar-refractivity contribution in [3.8, 4) is 0 Å². The first-order valence-electron chi connectivity index (χ1n) is 10.4. The fourth-order valence-electron chi connectivity index (χ4n) is 4.49. The van der Waals surface area contributed by atoms with Crippen molar-refractivity contribution in [2.45, 2.75) is 63.1 Å². The Morgan fingerprint density at radius 2 is 1.77 bits per heavy atom. The van der Waals surface area contributed by atoms with Crippen LogP contribution in [0.25, 0.3) is 0 Å². The van der Waals surface area contributed by atoms with Gasteiger partial charge in [0.1, 0.15) is 6.54 Å². The SMILES string of the molecule is O=C(O)c1ccc2c(c1)N(C(=O)C[NH2+]C1CCC(O)CC1)CC(=O)N2C1CCC1.[Cl-]. The van der Waals surface area contributed by atoms with Crippen LogP contribution in [-0.2, 0) is 9.59 Å². The van der Waals surface area contributed by atoms with E-state index in [-0.39, 0.29) is 55.0 Å². The molecule has 0 atom stereocenters.